The van der Waals surface area contributed by atoms with Crippen molar-refractivity contribution >= 4 is 5.91 Å². The number of likely N-dealkylation sites (tertiary alicyclic amines) is 1. The van der Waals surface area contributed by atoms with Gasteiger partial charge in [-0.1, -0.05) is 17.3 Å². The van der Waals surface area contributed by atoms with Crippen LogP contribution in [0, 0.1) is 25.6 Å². The molecule has 0 spiro atoms. The minimum atomic E-state index is -0.475. The van der Waals surface area contributed by atoms with Gasteiger partial charge in [0.2, 0.25) is 0 Å². The Morgan fingerprint density at radius 3 is 2.66 bits per heavy atom. The summed E-state index contributed by atoms with van der Waals surface area (Å²) in [7, 11) is 0. The highest BCUT2D eigenvalue weighted by Crippen LogP contribution is 2.24. The molecular formula is C20H22FN5O3. The van der Waals surface area contributed by atoms with E-state index in [2.05, 4.69) is 15.4 Å². The van der Waals surface area contributed by atoms with Gasteiger partial charge in [-0.3, -0.25) is 4.79 Å². The molecule has 29 heavy (non-hydrogen) atoms. The molecule has 1 saturated heterocycles. The predicted molar refractivity (Wildman–Crippen MR) is 102 cm³/mol. The summed E-state index contributed by atoms with van der Waals surface area (Å²) in [5.41, 5.74) is 0.854. The fourth-order valence-electron chi connectivity index (χ4n) is 3.89. The van der Waals surface area contributed by atoms with Crippen LogP contribution in [0.5, 0.6) is 0 Å². The third-order valence-corrected chi connectivity index (χ3v) is 5.46. The maximum absolute atomic E-state index is 14.2. The molecule has 1 fully saturated rings. The van der Waals surface area contributed by atoms with Crippen molar-refractivity contribution in [3.05, 3.63) is 63.4 Å². The van der Waals surface area contributed by atoms with Crippen LogP contribution in [0.1, 0.15) is 40.5 Å². The van der Waals surface area contributed by atoms with Crippen molar-refractivity contribution in [2.24, 2.45) is 5.92 Å². The summed E-state index contributed by atoms with van der Waals surface area (Å²) in [5.74, 6) is 0.722. The monoisotopic (exact) mass is 399 g/mol. The van der Waals surface area contributed by atoms with Gasteiger partial charge in [0.05, 0.1) is 11.4 Å². The van der Waals surface area contributed by atoms with Gasteiger partial charge in [0, 0.05) is 19.5 Å². The largest absolute Gasteiger partial charge is 0.361 e. The normalized spacial score (nSPS) is 15.1. The Balaban J connectivity index is 1.46. The van der Waals surface area contributed by atoms with Gasteiger partial charge in [-0.15, -0.1) is 0 Å². The highest BCUT2D eigenvalue weighted by molar-refractivity contribution is 5.96. The van der Waals surface area contributed by atoms with E-state index in [-0.39, 0.29) is 17.5 Å². The minimum absolute atomic E-state index is 0.0669. The van der Waals surface area contributed by atoms with Gasteiger partial charge in [0.15, 0.2) is 0 Å². The summed E-state index contributed by atoms with van der Waals surface area (Å²) in [6.07, 6.45) is 2.07. The molecule has 0 saturated carbocycles. The maximum Gasteiger partial charge on any atom is 0.348 e. The number of H-pyrrole nitrogens is 1. The average Bonchev–Trinajstić information content (AvgIpc) is 3.24. The molecule has 0 atom stereocenters. The standard InChI is InChI=1S/C20H22FN5O3/c1-12-18(13(2)29-24-12)19(27)25-9-7-14(8-10-25)11-17-22-23-20(28)26(17)16-6-4-3-5-15(16)21/h3-6,14H,7-11H2,1-2H3,(H,23,28). The molecule has 2 aromatic heterocycles. The number of hydrogen-bond donors (Lipinski definition) is 1. The molecule has 1 amide bonds. The van der Waals surface area contributed by atoms with Crippen LogP contribution in [0.15, 0.2) is 33.6 Å². The van der Waals surface area contributed by atoms with E-state index >= 15 is 0 Å². The first-order valence-electron chi connectivity index (χ1n) is 9.59. The number of carbonyl (C=O) groups is 1. The highest BCUT2D eigenvalue weighted by Gasteiger charge is 2.28. The lowest BCUT2D eigenvalue weighted by Gasteiger charge is -2.31. The number of amides is 1. The van der Waals surface area contributed by atoms with E-state index < -0.39 is 11.5 Å². The molecule has 1 aromatic carbocycles. The second-order valence-corrected chi connectivity index (χ2v) is 7.37. The van der Waals surface area contributed by atoms with Gasteiger partial charge in [-0.25, -0.2) is 18.9 Å². The van der Waals surface area contributed by atoms with E-state index in [0.29, 0.717) is 42.4 Å². The summed E-state index contributed by atoms with van der Waals surface area (Å²) in [5, 5.41) is 10.4. The highest BCUT2D eigenvalue weighted by atomic mass is 19.1. The fourth-order valence-corrected chi connectivity index (χ4v) is 3.89. The second-order valence-electron chi connectivity index (χ2n) is 7.37. The van der Waals surface area contributed by atoms with Crippen molar-refractivity contribution in [3.63, 3.8) is 0 Å². The lowest BCUT2D eigenvalue weighted by molar-refractivity contribution is 0.0687. The molecule has 0 unspecified atom stereocenters. The number of benzene rings is 1. The molecule has 0 bridgehead atoms. The number of nitrogens with one attached hydrogen (secondary N) is 1. The molecule has 1 N–H and O–H groups in total. The number of piperidine rings is 1. The van der Waals surface area contributed by atoms with Gasteiger partial charge in [-0.05, 0) is 44.7 Å². The number of aryl methyl sites for hydroxylation is 2. The predicted octanol–water partition coefficient (Wildman–Crippen LogP) is 2.40. The summed E-state index contributed by atoms with van der Waals surface area (Å²) < 4.78 is 20.6. The molecule has 9 heteroatoms. The van der Waals surface area contributed by atoms with E-state index in [4.69, 9.17) is 4.52 Å². The molecule has 8 nitrogen and oxygen atoms in total. The average molecular weight is 399 g/mol. The Bertz CT molecular complexity index is 1070. The third-order valence-electron chi connectivity index (χ3n) is 5.46. The number of aromatic amines is 1. The Morgan fingerprint density at radius 1 is 1.28 bits per heavy atom. The van der Waals surface area contributed by atoms with Gasteiger partial charge >= 0.3 is 5.69 Å². The number of hydrogen-bond acceptors (Lipinski definition) is 5. The first-order chi connectivity index (χ1) is 14.0. The van der Waals surface area contributed by atoms with Crippen molar-refractivity contribution < 1.29 is 13.7 Å². The fraction of sp³-hybridized carbons (Fsp3) is 0.400. The van der Waals surface area contributed by atoms with Crippen LogP contribution in [-0.4, -0.2) is 43.8 Å². The van der Waals surface area contributed by atoms with Crippen LogP contribution in [0.25, 0.3) is 5.69 Å². The summed E-state index contributed by atoms with van der Waals surface area (Å²) >= 11 is 0. The second kappa shape index (κ2) is 7.65. The summed E-state index contributed by atoms with van der Waals surface area (Å²) in [6.45, 7) is 4.69. The number of carbonyl (C=O) groups excluding carboxylic acids is 1. The molecule has 3 heterocycles. The molecule has 1 aliphatic heterocycles. The van der Waals surface area contributed by atoms with Crippen LogP contribution in [0.3, 0.4) is 0 Å². The SMILES string of the molecule is Cc1noc(C)c1C(=O)N1CCC(Cc2n[nH]c(=O)n2-c2ccccc2F)CC1. The van der Waals surface area contributed by atoms with E-state index in [1.807, 2.05) is 0 Å². The lowest BCUT2D eigenvalue weighted by Crippen LogP contribution is -2.39. The van der Waals surface area contributed by atoms with Crippen LogP contribution >= 0.6 is 0 Å². The number of aromatic nitrogens is 4. The van der Waals surface area contributed by atoms with Gasteiger partial charge < -0.3 is 9.42 Å². The smallest absolute Gasteiger partial charge is 0.348 e. The first-order valence-corrected chi connectivity index (χ1v) is 9.59. The molecule has 4 rings (SSSR count). The van der Waals surface area contributed by atoms with E-state index in [1.54, 1.807) is 36.9 Å². The van der Waals surface area contributed by atoms with Gasteiger partial charge in [0.25, 0.3) is 5.91 Å². The van der Waals surface area contributed by atoms with Crippen LogP contribution in [0.2, 0.25) is 0 Å². The molecule has 1 aliphatic rings. The Hall–Kier alpha value is -3.23. The van der Waals surface area contributed by atoms with E-state index in [9.17, 15) is 14.0 Å². The Labute approximate surface area is 166 Å². The van der Waals surface area contributed by atoms with E-state index in [0.717, 1.165) is 12.8 Å². The zero-order valence-electron chi connectivity index (χ0n) is 16.3. The summed E-state index contributed by atoms with van der Waals surface area (Å²) in [4.78, 5) is 26.8. The number of nitrogens with zero attached hydrogens (tertiary/aromatic N) is 4. The van der Waals surface area contributed by atoms with Crippen LogP contribution < -0.4 is 5.69 Å². The van der Waals surface area contributed by atoms with Gasteiger partial charge in [0.1, 0.15) is 23.0 Å². The molecular weight excluding hydrogens is 377 g/mol. The number of halogens is 1. The van der Waals surface area contributed by atoms with Crippen LogP contribution in [0.4, 0.5) is 4.39 Å². The van der Waals surface area contributed by atoms with Crippen LogP contribution in [-0.2, 0) is 6.42 Å². The third kappa shape index (κ3) is 3.59. The molecule has 0 radical (unpaired) electrons. The quantitative estimate of drug-likeness (QED) is 0.727. The topological polar surface area (TPSA) is 97.0 Å². The van der Waals surface area contributed by atoms with Crippen molar-refractivity contribution in [1.82, 2.24) is 24.8 Å². The Kier molecular flexibility index (Phi) is 5.04. The number of rotatable bonds is 4. The van der Waals surface area contributed by atoms with Crippen molar-refractivity contribution in [1.29, 1.82) is 0 Å². The van der Waals surface area contributed by atoms with Gasteiger partial charge in [-0.2, -0.15) is 5.10 Å². The molecule has 152 valence electrons. The zero-order valence-corrected chi connectivity index (χ0v) is 16.3. The minimum Gasteiger partial charge on any atom is -0.361 e. The summed E-state index contributed by atoms with van der Waals surface area (Å²) in [6, 6.07) is 6.13. The molecule has 0 aliphatic carbocycles. The van der Waals surface area contributed by atoms with Crippen molar-refractivity contribution in [3.8, 4) is 5.69 Å². The lowest BCUT2D eigenvalue weighted by atomic mass is 9.92. The van der Waals surface area contributed by atoms with E-state index in [1.165, 1.54) is 10.6 Å². The zero-order chi connectivity index (χ0) is 20.5. The first kappa shape index (κ1) is 19.1. The Morgan fingerprint density at radius 2 is 2.00 bits per heavy atom. The van der Waals surface area contributed by atoms with Crippen molar-refractivity contribution in [2.75, 3.05) is 13.1 Å². The number of para-hydroxylation sites is 1. The molecule has 3 aromatic rings. The van der Waals surface area contributed by atoms with Crippen molar-refractivity contribution in [2.45, 2.75) is 33.1 Å². The maximum atomic E-state index is 14.2.